The summed E-state index contributed by atoms with van der Waals surface area (Å²) in [6.45, 7) is 2.69. The van der Waals surface area contributed by atoms with Gasteiger partial charge in [0.25, 0.3) is 0 Å². The van der Waals surface area contributed by atoms with Crippen molar-refractivity contribution < 1.29 is 18.3 Å². The van der Waals surface area contributed by atoms with Gasteiger partial charge >= 0.3 is 0 Å². The molecule has 0 radical (unpaired) electrons. The largest absolute Gasteiger partial charge is 0.494 e. The maximum atomic E-state index is 11.0. The molecule has 1 N–H and O–H groups in total. The van der Waals surface area contributed by atoms with Crippen LogP contribution in [0.3, 0.4) is 0 Å². The van der Waals surface area contributed by atoms with Gasteiger partial charge in [0.15, 0.2) is 0 Å². The highest BCUT2D eigenvalue weighted by atomic mass is 32.2. The van der Waals surface area contributed by atoms with Crippen molar-refractivity contribution in [2.24, 2.45) is 0 Å². The van der Waals surface area contributed by atoms with E-state index in [-0.39, 0.29) is 12.2 Å². The molecule has 102 valence electrons. The molecule has 1 aromatic carbocycles. The fourth-order valence-corrected chi connectivity index (χ4v) is 2.15. The smallest absolute Gasteiger partial charge is 0.147 e. The van der Waals surface area contributed by atoms with Gasteiger partial charge in [0.1, 0.15) is 15.6 Å². The predicted octanol–water partition coefficient (Wildman–Crippen LogP) is 1.94. The van der Waals surface area contributed by atoms with E-state index in [0.717, 1.165) is 12.2 Å². The van der Waals surface area contributed by atoms with Crippen LogP contribution in [0.5, 0.6) is 5.75 Å². The minimum Gasteiger partial charge on any atom is -0.494 e. The van der Waals surface area contributed by atoms with Gasteiger partial charge in [-0.1, -0.05) is 19.1 Å². The first-order valence-corrected chi connectivity index (χ1v) is 8.07. The maximum absolute atomic E-state index is 11.0. The van der Waals surface area contributed by atoms with E-state index in [2.05, 4.69) is 0 Å². The summed E-state index contributed by atoms with van der Waals surface area (Å²) in [4.78, 5) is 0. The molecule has 0 aliphatic carbocycles. The van der Waals surface area contributed by atoms with E-state index < -0.39 is 15.9 Å². The molecule has 0 aliphatic rings. The lowest BCUT2D eigenvalue weighted by atomic mass is 10.1. The van der Waals surface area contributed by atoms with Gasteiger partial charge in [0.2, 0.25) is 0 Å². The van der Waals surface area contributed by atoms with Gasteiger partial charge in [-0.25, -0.2) is 8.42 Å². The topological polar surface area (TPSA) is 63.6 Å². The summed E-state index contributed by atoms with van der Waals surface area (Å²) < 4.78 is 27.4. The Kier molecular flexibility index (Phi) is 5.62. The highest BCUT2D eigenvalue weighted by molar-refractivity contribution is 7.90. The Morgan fingerprint density at radius 1 is 1.28 bits per heavy atom. The summed E-state index contributed by atoms with van der Waals surface area (Å²) in [5, 5.41) is 9.85. The third kappa shape index (κ3) is 5.51. The fraction of sp³-hybridized carbons (Fsp3) is 0.538. The predicted molar refractivity (Wildman–Crippen MR) is 71.5 cm³/mol. The van der Waals surface area contributed by atoms with Crippen LogP contribution in [0.25, 0.3) is 0 Å². The number of sulfone groups is 1. The van der Waals surface area contributed by atoms with Gasteiger partial charge < -0.3 is 9.84 Å². The number of aliphatic hydroxyl groups excluding tert-OH is 1. The molecule has 1 aromatic rings. The first-order chi connectivity index (χ1) is 8.42. The second-order valence-electron chi connectivity index (χ2n) is 4.35. The Morgan fingerprint density at radius 3 is 2.39 bits per heavy atom. The Labute approximate surface area is 109 Å². The van der Waals surface area contributed by atoms with E-state index in [9.17, 15) is 13.5 Å². The quantitative estimate of drug-likeness (QED) is 0.824. The van der Waals surface area contributed by atoms with Crippen LogP contribution in [-0.2, 0) is 9.84 Å². The van der Waals surface area contributed by atoms with Crippen LogP contribution in [0.1, 0.15) is 31.4 Å². The molecule has 0 saturated heterocycles. The summed E-state index contributed by atoms with van der Waals surface area (Å²) in [5.74, 6) is 0.748. The van der Waals surface area contributed by atoms with E-state index in [4.69, 9.17) is 4.74 Å². The third-order valence-electron chi connectivity index (χ3n) is 2.50. The minimum absolute atomic E-state index is 0.0117. The lowest BCUT2D eigenvalue weighted by Gasteiger charge is -2.11. The second kappa shape index (κ2) is 6.75. The van der Waals surface area contributed by atoms with E-state index in [1.807, 2.05) is 6.92 Å². The molecule has 1 atom stereocenters. The summed E-state index contributed by atoms with van der Waals surface area (Å²) in [7, 11) is -3.03. The molecule has 0 amide bonds. The summed E-state index contributed by atoms with van der Waals surface area (Å²) >= 11 is 0. The van der Waals surface area contributed by atoms with Crippen molar-refractivity contribution >= 4 is 9.84 Å². The van der Waals surface area contributed by atoms with Crippen LogP contribution in [0.2, 0.25) is 0 Å². The molecule has 1 rings (SSSR count). The van der Waals surface area contributed by atoms with Crippen molar-refractivity contribution in [2.45, 2.75) is 25.9 Å². The molecular formula is C13H20O4S. The summed E-state index contributed by atoms with van der Waals surface area (Å²) in [5.41, 5.74) is 0.711. The molecule has 1 unspecified atom stereocenters. The highest BCUT2D eigenvalue weighted by Gasteiger charge is 2.11. The Balaban J connectivity index is 2.56. The van der Waals surface area contributed by atoms with Gasteiger partial charge in [0, 0.05) is 6.26 Å². The van der Waals surface area contributed by atoms with E-state index in [0.29, 0.717) is 12.2 Å². The highest BCUT2D eigenvalue weighted by Crippen LogP contribution is 2.20. The molecule has 4 nitrogen and oxygen atoms in total. The monoisotopic (exact) mass is 272 g/mol. The van der Waals surface area contributed by atoms with Gasteiger partial charge in [-0.2, -0.15) is 0 Å². The van der Waals surface area contributed by atoms with Crippen molar-refractivity contribution in [3.8, 4) is 5.75 Å². The van der Waals surface area contributed by atoms with Gasteiger partial charge in [-0.15, -0.1) is 0 Å². The molecule has 0 bridgehead atoms. The second-order valence-corrected chi connectivity index (χ2v) is 6.61. The zero-order chi connectivity index (χ0) is 13.6. The molecule has 0 aromatic heterocycles. The van der Waals surface area contributed by atoms with Crippen molar-refractivity contribution in [3.63, 3.8) is 0 Å². The molecule has 5 heteroatoms. The zero-order valence-corrected chi connectivity index (χ0v) is 11.6. The number of ether oxygens (including phenoxy) is 1. The normalized spacial score (nSPS) is 13.3. The summed E-state index contributed by atoms with van der Waals surface area (Å²) in [6.07, 6.45) is 1.58. The van der Waals surface area contributed by atoms with Crippen molar-refractivity contribution in [2.75, 3.05) is 18.6 Å². The third-order valence-corrected chi connectivity index (χ3v) is 3.48. The molecular weight excluding hydrogens is 252 g/mol. The van der Waals surface area contributed by atoms with Crippen LogP contribution >= 0.6 is 0 Å². The van der Waals surface area contributed by atoms with Crippen molar-refractivity contribution in [3.05, 3.63) is 29.8 Å². The first-order valence-electron chi connectivity index (χ1n) is 6.01. The molecule has 0 saturated carbocycles. The number of rotatable bonds is 7. The van der Waals surface area contributed by atoms with Gasteiger partial charge in [0.05, 0.1) is 18.5 Å². The summed E-state index contributed by atoms with van der Waals surface area (Å²) in [6, 6.07) is 7.10. The minimum atomic E-state index is -3.03. The SMILES string of the molecule is CCCOc1ccc(C(O)CCS(C)(=O)=O)cc1. The van der Waals surface area contributed by atoms with Crippen LogP contribution in [0, 0.1) is 0 Å². The van der Waals surface area contributed by atoms with E-state index in [1.165, 1.54) is 6.26 Å². The van der Waals surface area contributed by atoms with Crippen LogP contribution in [0.15, 0.2) is 24.3 Å². The average molecular weight is 272 g/mol. The molecule has 0 spiro atoms. The lowest BCUT2D eigenvalue weighted by molar-refractivity contribution is 0.174. The molecule has 0 aliphatic heterocycles. The average Bonchev–Trinajstić information content (AvgIpc) is 2.33. The van der Waals surface area contributed by atoms with Crippen LogP contribution < -0.4 is 4.74 Å². The van der Waals surface area contributed by atoms with Gasteiger partial charge in [-0.05, 0) is 30.5 Å². The van der Waals surface area contributed by atoms with Crippen LogP contribution in [-0.4, -0.2) is 32.1 Å². The van der Waals surface area contributed by atoms with Gasteiger partial charge in [-0.3, -0.25) is 0 Å². The Bertz CT molecular complexity index is 450. The lowest BCUT2D eigenvalue weighted by Crippen LogP contribution is -2.08. The zero-order valence-electron chi connectivity index (χ0n) is 10.8. The number of hydrogen-bond donors (Lipinski definition) is 1. The Morgan fingerprint density at radius 2 is 1.89 bits per heavy atom. The number of hydrogen-bond acceptors (Lipinski definition) is 4. The molecule has 0 heterocycles. The van der Waals surface area contributed by atoms with E-state index >= 15 is 0 Å². The molecule has 18 heavy (non-hydrogen) atoms. The van der Waals surface area contributed by atoms with Crippen LogP contribution in [0.4, 0.5) is 0 Å². The van der Waals surface area contributed by atoms with Crippen molar-refractivity contribution in [1.29, 1.82) is 0 Å². The van der Waals surface area contributed by atoms with Crippen molar-refractivity contribution in [1.82, 2.24) is 0 Å². The molecule has 0 fully saturated rings. The number of aliphatic hydroxyl groups is 1. The maximum Gasteiger partial charge on any atom is 0.147 e. The first kappa shape index (κ1) is 15.0. The fourth-order valence-electron chi connectivity index (χ4n) is 1.50. The standard InChI is InChI=1S/C13H20O4S/c1-3-9-17-12-6-4-11(5-7-12)13(14)8-10-18(2,15)16/h4-7,13-14H,3,8-10H2,1-2H3. The Hall–Kier alpha value is -1.07. The number of benzene rings is 1. The van der Waals surface area contributed by atoms with E-state index in [1.54, 1.807) is 24.3 Å².